The average Bonchev–Trinajstić information content (AvgIpc) is 3.23. The Labute approximate surface area is 163 Å². The predicted octanol–water partition coefficient (Wildman–Crippen LogP) is 4.90. The first-order valence-electron chi connectivity index (χ1n) is 9.36. The van der Waals surface area contributed by atoms with Crippen molar-refractivity contribution in [1.29, 1.82) is 0 Å². The van der Waals surface area contributed by atoms with Gasteiger partial charge >= 0.3 is 0 Å². The highest BCUT2D eigenvalue weighted by Gasteiger charge is 2.60. The zero-order valence-electron chi connectivity index (χ0n) is 16.1. The maximum absolute atomic E-state index is 14.3. The fraction of sp³-hybridized carbons (Fsp3) is 0.524. The Morgan fingerprint density at radius 3 is 2.78 bits per heavy atom. The summed E-state index contributed by atoms with van der Waals surface area (Å²) >= 11 is 1.26. The number of nitrogens with zero attached hydrogens (tertiary/aromatic N) is 1. The molecule has 1 heterocycles. The number of carbonyl (C=O) groups is 1. The average molecular weight is 389 g/mol. The van der Waals surface area contributed by atoms with Gasteiger partial charge in [0.05, 0.1) is 12.7 Å². The second-order valence-corrected chi connectivity index (χ2v) is 9.42. The number of rotatable bonds is 4. The van der Waals surface area contributed by atoms with Gasteiger partial charge in [-0.25, -0.2) is 9.37 Å². The van der Waals surface area contributed by atoms with Gasteiger partial charge in [-0.3, -0.25) is 4.79 Å². The lowest BCUT2D eigenvalue weighted by Gasteiger charge is -2.33. The summed E-state index contributed by atoms with van der Waals surface area (Å²) in [6, 6.07) is 4.84. The largest absolute Gasteiger partial charge is 0.496 e. The lowest BCUT2D eigenvalue weighted by Crippen LogP contribution is -2.40. The van der Waals surface area contributed by atoms with E-state index in [9.17, 15) is 9.18 Å². The standard InChI is InChI=1S/C21H25FN2O2S/c1-20(2)12-8-9-21(20,3)10-14(12)23-18(25)15-11-27-19(24-15)17-13(22)6-5-7-16(17)26-4/h5-7,11-12,14H,8-10H2,1-4H3,(H,23,25)/t12-,14?,21+/m0/s1. The van der Waals surface area contributed by atoms with Crippen LogP contribution >= 0.6 is 11.3 Å². The molecular weight excluding hydrogens is 363 g/mol. The molecule has 2 fully saturated rings. The van der Waals surface area contributed by atoms with Crippen LogP contribution in [0.5, 0.6) is 5.75 Å². The maximum atomic E-state index is 14.3. The smallest absolute Gasteiger partial charge is 0.271 e. The normalized spacial score (nSPS) is 28.3. The van der Waals surface area contributed by atoms with Gasteiger partial charge in [0.25, 0.3) is 5.91 Å². The van der Waals surface area contributed by atoms with Crippen LogP contribution in [0.25, 0.3) is 10.6 Å². The van der Waals surface area contributed by atoms with Gasteiger partial charge in [0.2, 0.25) is 0 Å². The highest BCUT2D eigenvalue weighted by atomic mass is 32.1. The van der Waals surface area contributed by atoms with Crippen molar-refractivity contribution in [2.75, 3.05) is 7.11 Å². The lowest BCUT2D eigenvalue weighted by atomic mass is 9.71. The van der Waals surface area contributed by atoms with Gasteiger partial charge in [-0.1, -0.05) is 26.8 Å². The molecule has 1 unspecified atom stereocenters. The van der Waals surface area contributed by atoms with Crippen molar-refractivity contribution >= 4 is 17.2 Å². The number of amides is 1. The van der Waals surface area contributed by atoms with E-state index in [0.717, 1.165) is 12.8 Å². The van der Waals surface area contributed by atoms with Gasteiger partial charge in [0, 0.05) is 11.4 Å². The Morgan fingerprint density at radius 2 is 2.15 bits per heavy atom. The van der Waals surface area contributed by atoms with Crippen LogP contribution in [0.1, 0.15) is 50.5 Å². The summed E-state index contributed by atoms with van der Waals surface area (Å²) < 4.78 is 19.5. The Morgan fingerprint density at radius 1 is 1.37 bits per heavy atom. The van der Waals surface area contributed by atoms with Gasteiger partial charge in [-0.15, -0.1) is 11.3 Å². The van der Waals surface area contributed by atoms with E-state index < -0.39 is 5.82 Å². The van der Waals surface area contributed by atoms with Gasteiger partial charge < -0.3 is 10.1 Å². The number of halogens is 1. The zero-order chi connectivity index (χ0) is 19.4. The second-order valence-electron chi connectivity index (χ2n) is 8.57. The minimum absolute atomic E-state index is 0.176. The molecule has 4 nitrogen and oxygen atoms in total. The molecule has 2 saturated carbocycles. The maximum Gasteiger partial charge on any atom is 0.271 e. The topological polar surface area (TPSA) is 51.2 Å². The monoisotopic (exact) mass is 388 g/mol. The fourth-order valence-corrected chi connectivity index (χ4v) is 5.92. The molecule has 2 aromatic rings. The third-order valence-electron chi connectivity index (χ3n) is 7.11. The molecule has 1 amide bonds. The van der Waals surface area contributed by atoms with Gasteiger partial charge in [0.1, 0.15) is 22.3 Å². The highest BCUT2D eigenvalue weighted by molar-refractivity contribution is 7.13. The fourth-order valence-electron chi connectivity index (χ4n) is 5.07. The minimum Gasteiger partial charge on any atom is -0.496 e. The number of fused-ring (bicyclic) bond motifs is 2. The molecule has 1 aromatic carbocycles. The summed E-state index contributed by atoms with van der Waals surface area (Å²) in [6.07, 6.45) is 3.39. The molecule has 2 aliphatic rings. The van der Waals surface area contributed by atoms with Crippen molar-refractivity contribution < 1.29 is 13.9 Å². The third kappa shape index (κ3) is 2.76. The van der Waals surface area contributed by atoms with Gasteiger partial charge in [-0.05, 0) is 48.1 Å². The van der Waals surface area contributed by atoms with Crippen LogP contribution in [0.15, 0.2) is 23.6 Å². The van der Waals surface area contributed by atoms with Crippen LogP contribution in [-0.4, -0.2) is 24.0 Å². The van der Waals surface area contributed by atoms with Crippen LogP contribution in [0.4, 0.5) is 4.39 Å². The van der Waals surface area contributed by atoms with Crippen LogP contribution in [-0.2, 0) is 0 Å². The van der Waals surface area contributed by atoms with E-state index in [4.69, 9.17) is 4.74 Å². The summed E-state index contributed by atoms with van der Waals surface area (Å²) in [6.45, 7) is 6.98. The molecule has 0 spiro atoms. The van der Waals surface area contributed by atoms with E-state index >= 15 is 0 Å². The minimum atomic E-state index is -0.404. The zero-order valence-corrected chi connectivity index (χ0v) is 17.0. The van der Waals surface area contributed by atoms with E-state index in [1.54, 1.807) is 17.5 Å². The van der Waals surface area contributed by atoms with Crippen molar-refractivity contribution in [2.24, 2.45) is 16.7 Å². The number of carbonyl (C=O) groups excluding carboxylic acids is 1. The summed E-state index contributed by atoms with van der Waals surface area (Å²) in [7, 11) is 1.50. The van der Waals surface area contributed by atoms with E-state index in [-0.39, 0.29) is 22.8 Å². The number of ether oxygens (including phenoxy) is 1. The van der Waals surface area contributed by atoms with E-state index in [1.807, 2.05) is 0 Å². The van der Waals surface area contributed by atoms with E-state index in [2.05, 4.69) is 31.1 Å². The first-order valence-corrected chi connectivity index (χ1v) is 10.2. The second kappa shape index (κ2) is 6.30. The number of thiazole rings is 1. The molecule has 0 radical (unpaired) electrons. The molecule has 1 N–H and O–H groups in total. The molecule has 0 aliphatic heterocycles. The number of nitrogens with one attached hydrogen (secondary N) is 1. The first-order chi connectivity index (χ1) is 12.8. The summed E-state index contributed by atoms with van der Waals surface area (Å²) in [5, 5.41) is 5.34. The third-order valence-corrected chi connectivity index (χ3v) is 7.97. The molecule has 144 valence electrons. The number of benzene rings is 1. The molecule has 4 rings (SSSR count). The quantitative estimate of drug-likeness (QED) is 0.810. The number of hydrogen-bond acceptors (Lipinski definition) is 4. The summed E-state index contributed by atoms with van der Waals surface area (Å²) in [4.78, 5) is 17.2. The number of hydrogen-bond donors (Lipinski definition) is 1. The summed E-state index contributed by atoms with van der Waals surface area (Å²) in [5.74, 6) is 0.332. The van der Waals surface area contributed by atoms with Crippen molar-refractivity contribution in [1.82, 2.24) is 10.3 Å². The SMILES string of the molecule is COc1cccc(F)c1-c1nc(C(=O)NC2C[C@@]3(C)CC[C@@H]2C3(C)C)cs1. The first kappa shape index (κ1) is 18.4. The van der Waals surface area contributed by atoms with Crippen LogP contribution in [0.3, 0.4) is 0 Å². The van der Waals surface area contributed by atoms with Crippen LogP contribution < -0.4 is 10.1 Å². The molecule has 6 heteroatoms. The predicted molar refractivity (Wildman–Crippen MR) is 105 cm³/mol. The Kier molecular flexibility index (Phi) is 4.29. The molecule has 3 atom stereocenters. The molecule has 1 aromatic heterocycles. The summed E-state index contributed by atoms with van der Waals surface area (Å²) in [5.41, 5.74) is 1.16. The lowest BCUT2D eigenvalue weighted by molar-refractivity contribution is 0.0912. The van der Waals surface area contributed by atoms with Crippen molar-refractivity contribution in [3.63, 3.8) is 0 Å². The molecule has 2 bridgehead atoms. The Hall–Kier alpha value is -1.95. The van der Waals surface area contributed by atoms with Crippen molar-refractivity contribution in [3.8, 4) is 16.3 Å². The van der Waals surface area contributed by atoms with Crippen LogP contribution in [0.2, 0.25) is 0 Å². The van der Waals surface area contributed by atoms with Gasteiger partial charge in [0.15, 0.2) is 0 Å². The van der Waals surface area contributed by atoms with Crippen LogP contribution in [0, 0.1) is 22.6 Å². The number of methoxy groups -OCH3 is 1. The molecule has 27 heavy (non-hydrogen) atoms. The van der Waals surface area contributed by atoms with Crippen molar-refractivity contribution in [3.05, 3.63) is 35.1 Å². The molecule has 2 aliphatic carbocycles. The molecular formula is C21H25FN2O2S. The van der Waals surface area contributed by atoms with Crippen molar-refractivity contribution in [2.45, 2.75) is 46.1 Å². The highest BCUT2D eigenvalue weighted by Crippen LogP contribution is 2.65. The Balaban J connectivity index is 1.54. The Bertz CT molecular complexity index is 891. The van der Waals surface area contributed by atoms with Gasteiger partial charge in [-0.2, -0.15) is 0 Å². The molecule has 0 saturated heterocycles. The number of aromatic nitrogens is 1. The van der Waals surface area contributed by atoms with E-state index in [1.165, 1.54) is 30.9 Å². The van der Waals surface area contributed by atoms with E-state index in [0.29, 0.717) is 27.9 Å².